The van der Waals surface area contributed by atoms with Gasteiger partial charge in [-0.2, -0.15) is 0 Å². The highest BCUT2D eigenvalue weighted by molar-refractivity contribution is 9.10. The smallest absolute Gasteiger partial charge is 0.326 e. The summed E-state index contributed by atoms with van der Waals surface area (Å²) in [5, 5.41) is 11.7. The quantitative estimate of drug-likeness (QED) is 0.806. The number of halogens is 1. The number of carbonyl (C=O) groups is 2. The monoisotopic (exact) mass is 357 g/mol. The molecule has 114 valence electrons. The third-order valence-corrected chi connectivity index (χ3v) is 3.79. The zero-order valence-electron chi connectivity index (χ0n) is 11.5. The van der Waals surface area contributed by atoms with Gasteiger partial charge in [0.25, 0.3) is 0 Å². The van der Waals surface area contributed by atoms with E-state index in [4.69, 9.17) is 14.6 Å². The van der Waals surface area contributed by atoms with Crippen LogP contribution in [0.2, 0.25) is 0 Å². The molecule has 0 aliphatic carbocycles. The predicted octanol–water partition coefficient (Wildman–Crippen LogP) is 1.53. The third-order valence-electron chi connectivity index (χ3n) is 3.29. The Morgan fingerprint density at radius 3 is 3.00 bits per heavy atom. The first-order valence-corrected chi connectivity index (χ1v) is 7.26. The van der Waals surface area contributed by atoms with Crippen molar-refractivity contribution in [3.8, 4) is 5.75 Å². The van der Waals surface area contributed by atoms with Gasteiger partial charge < -0.3 is 19.9 Å². The molecule has 6 nitrogen and oxygen atoms in total. The average molecular weight is 358 g/mol. The molecular weight excluding hydrogens is 342 g/mol. The SMILES string of the molecule is COCCC(NC(=O)C1COc2ccc(Br)cc21)C(=O)O. The summed E-state index contributed by atoms with van der Waals surface area (Å²) in [6.45, 7) is 0.481. The topological polar surface area (TPSA) is 84.9 Å². The highest BCUT2D eigenvalue weighted by atomic mass is 79.9. The molecule has 0 bridgehead atoms. The Morgan fingerprint density at radius 1 is 1.57 bits per heavy atom. The third kappa shape index (κ3) is 3.74. The number of carboxylic acids is 1. The molecule has 0 aromatic heterocycles. The van der Waals surface area contributed by atoms with Crippen LogP contribution < -0.4 is 10.1 Å². The lowest BCUT2D eigenvalue weighted by Crippen LogP contribution is -2.44. The van der Waals surface area contributed by atoms with E-state index < -0.39 is 17.9 Å². The van der Waals surface area contributed by atoms with Crippen LogP contribution in [0.25, 0.3) is 0 Å². The molecule has 21 heavy (non-hydrogen) atoms. The van der Waals surface area contributed by atoms with Crippen LogP contribution in [-0.4, -0.2) is 43.3 Å². The number of rotatable bonds is 6. The molecule has 2 N–H and O–H groups in total. The molecule has 1 aliphatic rings. The van der Waals surface area contributed by atoms with Gasteiger partial charge >= 0.3 is 5.97 Å². The van der Waals surface area contributed by atoms with Crippen molar-refractivity contribution >= 4 is 27.8 Å². The Bertz CT molecular complexity index is 548. The minimum atomic E-state index is -1.08. The Hall–Kier alpha value is -1.60. The molecule has 2 rings (SSSR count). The minimum Gasteiger partial charge on any atom is -0.492 e. The van der Waals surface area contributed by atoms with Crippen molar-refractivity contribution in [2.24, 2.45) is 0 Å². The fourth-order valence-corrected chi connectivity index (χ4v) is 2.55. The zero-order valence-corrected chi connectivity index (χ0v) is 13.1. The normalized spacial score (nSPS) is 17.7. The number of hydrogen-bond acceptors (Lipinski definition) is 4. The van der Waals surface area contributed by atoms with E-state index in [0.29, 0.717) is 5.75 Å². The predicted molar refractivity (Wildman–Crippen MR) is 78.4 cm³/mol. The molecule has 0 saturated heterocycles. The molecule has 1 aromatic carbocycles. The molecule has 1 aromatic rings. The van der Waals surface area contributed by atoms with Crippen LogP contribution >= 0.6 is 15.9 Å². The number of carboxylic acid groups (broad SMARTS) is 1. The summed E-state index contributed by atoms with van der Waals surface area (Å²) in [7, 11) is 1.49. The van der Waals surface area contributed by atoms with Gasteiger partial charge in [0.05, 0.1) is 0 Å². The van der Waals surface area contributed by atoms with E-state index in [1.54, 1.807) is 6.07 Å². The summed E-state index contributed by atoms with van der Waals surface area (Å²) in [5.74, 6) is -1.27. The number of ether oxygens (including phenoxy) is 2. The van der Waals surface area contributed by atoms with Gasteiger partial charge in [-0.25, -0.2) is 4.79 Å². The second-order valence-electron chi connectivity index (χ2n) is 4.73. The van der Waals surface area contributed by atoms with Crippen LogP contribution in [0.4, 0.5) is 0 Å². The van der Waals surface area contributed by atoms with Crippen molar-refractivity contribution in [1.82, 2.24) is 5.32 Å². The first-order chi connectivity index (χ1) is 10.0. The second-order valence-corrected chi connectivity index (χ2v) is 5.64. The van der Waals surface area contributed by atoms with Crippen molar-refractivity contribution < 1.29 is 24.2 Å². The lowest BCUT2D eigenvalue weighted by molar-refractivity contribution is -0.142. The lowest BCUT2D eigenvalue weighted by Gasteiger charge is -2.16. The zero-order chi connectivity index (χ0) is 15.4. The van der Waals surface area contributed by atoms with E-state index in [2.05, 4.69) is 21.2 Å². The summed E-state index contributed by atoms with van der Waals surface area (Å²) in [6.07, 6.45) is 0.219. The number of methoxy groups -OCH3 is 1. The molecule has 0 radical (unpaired) electrons. The van der Waals surface area contributed by atoms with E-state index in [1.165, 1.54) is 7.11 Å². The van der Waals surface area contributed by atoms with Crippen LogP contribution in [-0.2, 0) is 14.3 Å². The van der Waals surface area contributed by atoms with Gasteiger partial charge in [0, 0.05) is 30.2 Å². The Labute approximate surface area is 130 Å². The molecule has 1 aliphatic heterocycles. The number of carbonyl (C=O) groups excluding carboxylic acids is 1. The van der Waals surface area contributed by atoms with Gasteiger partial charge in [0.1, 0.15) is 24.3 Å². The number of hydrogen-bond donors (Lipinski definition) is 2. The van der Waals surface area contributed by atoms with Crippen LogP contribution in [0.15, 0.2) is 22.7 Å². The maximum absolute atomic E-state index is 12.3. The van der Waals surface area contributed by atoms with E-state index in [9.17, 15) is 9.59 Å². The highest BCUT2D eigenvalue weighted by Gasteiger charge is 2.32. The van der Waals surface area contributed by atoms with Gasteiger partial charge in [0.2, 0.25) is 5.91 Å². The standard InChI is InChI=1S/C14H16BrNO5/c1-20-5-4-11(14(18)19)16-13(17)10-7-21-12-3-2-8(15)6-9(10)12/h2-3,6,10-11H,4-5,7H2,1H3,(H,16,17)(H,18,19). The molecule has 2 unspecified atom stereocenters. The summed E-state index contributed by atoms with van der Waals surface area (Å²) < 4.78 is 11.2. The molecule has 1 amide bonds. The summed E-state index contributed by atoms with van der Waals surface area (Å²) in [6, 6.07) is 4.47. The maximum Gasteiger partial charge on any atom is 0.326 e. The fraction of sp³-hybridized carbons (Fsp3) is 0.429. The molecule has 2 atom stereocenters. The Balaban J connectivity index is 2.08. The van der Waals surface area contributed by atoms with Crippen LogP contribution in [0.5, 0.6) is 5.75 Å². The Kier molecular flexibility index (Phi) is 5.19. The minimum absolute atomic E-state index is 0.217. The molecule has 7 heteroatoms. The van der Waals surface area contributed by atoms with E-state index in [-0.39, 0.29) is 25.5 Å². The molecule has 0 saturated carbocycles. The van der Waals surface area contributed by atoms with Gasteiger partial charge in [-0.3, -0.25) is 4.79 Å². The maximum atomic E-state index is 12.3. The van der Waals surface area contributed by atoms with Gasteiger partial charge in [-0.1, -0.05) is 15.9 Å². The lowest BCUT2D eigenvalue weighted by atomic mass is 10.00. The molecular formula is C14H16BrNO5. The molecule has 1 heterocycles. The van der Waals surface area contributed by atoms with Crippen molar-refractivity contribution in [1.29, 1.82) is 0 Å². The summed E-state index contributed by atoms with van der Waals surface area (Å²) in [5.41, 5.74) is 0.762. The second kappa shape index (κ2) is 6.91. The first-order valence-electron chi connectivity index (χ1n) is 6.47. The average Bonchev–Trinajstić information content (AvgIpc) is 2.85. The van der Waals surface area contributed by atoms with Crippen LogP contribution in [0.3, 0.4) is 0 Å². The van der Waals surface area contributed by atoms with Gasteiger partial charge in [0.15, 0.2) is 0 Å². The molecule has 0 fully saturated rings. The fourth-order valence-electron chi connectivity index (χ4n) is 2.17. The number of fused-ring (bicyclic) bond motifs is 1. The van der Waals surface area contributed by atoms with Gasteiger partial charge in [-0.05, 0) is 18.2 Å². The van der Waals surface area contributed by atoms with E-state index in [1.807, 2.05) is 12.1 Å². The van der Waals surface area contributed by atoms with Gasteiger partial charge in [-0.15, -0.1) is 0 Å². The largest absolute Gasteiger partial charge is 0.492 e. The summed E-state index contributed by atoms with van der Waals surface area (Å²) >= 11 is 3.35. The van der Waals surface area contributed by atoms with Crippen LogP contribution in [0.1, 0.15) is 17.9 Å². The van der Waals surface area contributed by atoms with Crippen molar-refractivity contribution in [2.75, 3.05) is 20.3 Å². The van der Waals surface area contributed by atoms with E-state index >= 15 is 0 Å². The van der Waals surface area contributed by atoms with Crippen LogP contribution in [0, 0.1) is 0 Å². The number of aliphatic carboxylic acids is 1. The first kappa shape index (κ1) is 15.8. The van der Waals surface area contributed by atoms with Crippen molar-refractivity contribution in [2.45, 2.75) is 18.4 Å². The van der Waals surface area contributed by atoms with Crippen molar-refractivity contribution in [3.05, 3.63) is 28.2 Å². The molecule has 0 spiro atoms. The number of nitrogens with one attached hydrogen (secondary N) is 1. The summed E-state index contributed by atoms with van der Waals surface area (Å²) in [4.78, 5) is 23.4. The van der Waals surface area contributed by atoms with E-state index in [0.717, 1.165) is 10.0 Å². The highest BCUT2D eigenvalue weighted by Crippen LogP contribution is 2.35. The van der Waals surface area contributed by atoms with Crippen molar-refractivity contribution in [3.63, 3.8) is 0 Å². The number of benzene rings is 1. The Morgan fingerprint density at radius 2 is 2.33 bits per heavy atom. The number of amides is 1.